The third kappa shape index (κ3) is 3.99. The van der Waals surface area contributed by atoms with Crippen LogP contribution in [0.1, 0.15) is 18.1 Å². The van der Waals surface area contributed by atoms with Gasteiger partial charge in [-0.05, 0) is 36.2 Å². The molecule has 0 amide bonds. The maximum absolute atomic E-state index is 10.6. The summed E-state index contributed by atoms with van der Waals surface area (Å²) in [4.78, 5) is 0. The molecule has 0 aliphatic rings. The molecule has 0 saturated carbocycles. The van der Waals surface area contributed by atoms with Gasteiger partial charge >= 0.3 is 0 Å². The summed E-state index contributed by atoms with van der Waals surface area (Å²) >= 11 is 6.03. The van der Waals surface area contributed by atoms with Gasteiger partial charge in [0.05, 0.1) is 12.7 Å². The molecule has 0 heterocycles. The Labute approximate surface area is 125 Å². The van der Waals surface area contributed by atoms with Gasteiger partial charge in [0.2, 0.25) is 0 Å². The summed E-state index contributed by atoms with van der Waals surface area (Å²) in [5.41, 5.74) is 1.18. The van der Waals surface area contributed by atoms with Crippen molar-refractivity contribution >= 4 is 11.6 Å². The van der Waals surface area contributed by atoms with E-state index in [4.69, 9.17) is 16.3 Å². The molecule has 1 atom stereocenters. The van der Waals surface area contributed by atoms with Crippen molar-refractivity contribution in [2.24, 2.45) is 0 Å². The van der Waals surface area contributed by atoms with E-state index >= 15 is 0 Å². The monoisotopic (exact) mass is 290 g/mol. The van der Waals surface area contributed by atoms with Crippen LogP contribution in [0.3, 0.4) is 0 Å². The molecular weight excluding hydrogens is 272 g/mol. The fourth-order valence-corrected chi connectivity index (χ4v) is 2.59. The van der Waals surface area contributed by atoms with Gasteiger partial charge in [-0.3, -0.25) is 0 Å². The summed E-state index contributed by atoms with van der Waals surface area (Å²) in [6.07, 6.45) is 1.08. The van der Waals surface area contributed by atoms with E-state index in [-0.39, 0.29) is 0 Å². The summed E-state index contributed by atoms with van der Waals surface area (Å²) in [6.45, 7) is 1.83. The van der Waals surface area contributed by atoms with Crippen molar-refractivity contribution in [1.29, 1.82) is 0 Å². The Morgan fingerprint density at radius 1 is 1.10 bits per heavy atom. The number of benzene rings is 2. The average Bonchev–Trinajstić information content (AvgIpc) is 2.39. The summed E-state index contributed by atoms with van der Waals surface area (Å²) in [7, 11) is 1.62. The minimum Gasteiger partial charge on any atom is -0.496 e. The lowest BCUT2D eigenvalue weighted by Crippen LogP contribution is -2.30. The molecule has 1 N–H and O–H groups in total. The normalized spacial score (nSPS) is 13.8. The highest BCUT2D eigenvalue weighted by molar-refractivity contribution is 6.30. The first kappa shape index (κ1) is 14.9. The summed E-state index contributed by atoms with van der Waals surface area (Å²) in [6, 6.07) is 15.4. The SMILES string of the molecule is COc1ccc(Cl)cc1CC(C)(O)Cc1ccccc1. The lowest BCUT2D eigenvalue weighted by atomic mass is 9.89. The highest BCUT2D eigenvalue weighted by Crippen LogP contribution is 2.28. The first-order valence-corrected chi connectivity index (χ1v) is 6.97. The Bertz CT molecular complexity index is 564. The topological polar surface area (TPSA) is 29.5 Å². The smallest absolute Gasteiger partial charge is 0.122 e. The second kappa shape index (κ2) is 6.29. The molecule has 20 heavy (non-hydrogen) atoms. The molecule has 2 aromatic rings. The molecule has 0 aliphatic heterocycles. The molecular formula is C17H19ClO2. The number of ether oxygens (including phenoxy) is 1. The summed E-state index contributed by atoms with van der Waals surface area (Å²) < 4.78 is 5.33. The van der Waals surface area contributed by atoms with Gasteiger partial charge in [0.15, 0.2) is 0 Å². The molecule has 0 aliphatic carbocycles. The van der Waals surface area contributed by atoms with Crippen molar-refractivity contribution in [3.05, 3.63) is 64.7 Å². The Kier molecular flexibility index (Phi) is 4.69. The van der Waals surface area contributed by atoms with E-state index in [1.807, 2.05) is 49.4 Å². The molecule has 0 saturated heterocycles. The predicted octanol–water partition coefficient (Wildman–Crippen LogP) is 3.88. The maximum atomic E-state index is 10.6. The number of aliphatic hydroxyl groups is 1. The van der Waals surface area contributed by atoms with Crippen LogP contribution in [-0.2, 0) is 12.8 Å². The lowest BCUT2D eigenvalue weighted by molar-refractivity contribution is 0.0602. The Hall–Kier alpha value is -1.51. The molecule has 0 radical (unpaired) electrons. The Balaban J connectivity index is 2.17. The highest BCUT2D eigenvalue weighted by Gasteiger charge is 2.23. The molecule has 2 rings (SSSR count). The standard InChI is InChI=1S/C17H19ClO2/c1-17(19,11-13-6-4-3-5-7-13)12-14-10-15(18)8-9-16(14)20-2/h3-10,19H,11-12H2,1-2H3. The Morgan fingerprint density at radius 2 is 1.80 bits per heavy atom. The van der Waals surface area contributed by atoms with Gasteiger partial charge in [-0.15, -0.1) is 0 Å². The zero-order valence-corrected chi connectivity index (χ0v) is 12.5. The zero-order valence-electron chi connectivity index (χ0n) is 11.8. The molecule has 0 bridgehead atoms. The molecule has 0 fully saturated rings. The first-order chi connectivity index (χ1) is 9.50. The van der Waals surface area contributed by atoms with Crippen LogP contribution in [0.5, 0.6) is 5.75 Å². The number of hydrogen-bond acceptors (Lipinski definition) is 2. The fraction of sp³-hybridized carbons (Fsp3) is 0.294. The van der Waals surface area contributed by atoms with E-state index in [1.165, 1.54) is 0 Å². The van der Waals surface area contributed by atoms with Crippen LogP contribution in [-0.4, -0.2) is 17.8 Å². The van der Waals surface area contributed by atoms with Crippen LogP contribution >= 0.6 is 11.6 Å². The van der Waals surface area contributed by atoms with Crippen LogP contribution in [0.15, 0.2) is 48.5 Å². The molecule has 0 aromatic heterocycles. The van der Waals surface area contributed by atoms with Crippen LogP contribution in [0.25, 0.3) is 0 Å². The van der Waals surface area contributed by atoms with Crippen LogP contribution in [0, 0.1) is 0 Å². The van der Waals surface area contributed by atoms with Gasteiger partial charge < -0.3 is 9.84 Å². The van der Waals surface area contributed by atoms with Crippen molar-refractivity contribution in [3.63, 3.8) is 0 Å². The minimum absolute atomic E-state index is 0.492. The largest absolute Gasteiger partial charge is 0.496 e. The minimum atomic E-state index is -0.848. The summed E-state index contributed by atoms with van der Waals surface area (Å²) in [5.74, 6) is 0.753. The van der Waals surface area contributed by atoms with E-state index in [2.05, 4.69) is 0 Å². The third-order valence-electron chi connectivity index (χ3n) is 3.24. The van der Waals surface area contributed by atoms with Gasteiger partial charge in [-0.1, -0.05) is 41.9 Å². The zero-order chi connectivity index (χ0) is 14.6. The van der Waals surface area contributed by atoms with Crippen molar-refractivity contribution in [2.45, 2.75) is 25.4 Å². The van der Waals surface area contributed by atoms with Crippen LogP contribution in [0.2, 0.25) is 5.02 Å². The van der Waals surface area contributed by atoms with Crippen molar-refractivity contribution in [3.8, 4) is 5.75 Å². The van der Waals surface area contributed by atoms with Gasteiger partial charge in [-0.25, -0.2) is 0 Å². The van der Waals surface area contributed by atoms with Crippen molar-refractivity contribution in [2.75, 3.05) is 7.11 Å². The molecule has 106 valence electrons. The molecule has 0 spiro atoms. The maximum Gasteiger partial charge on any atom is 0.122 e. The van der Waals surface area contributed by atoms with Crippen LogP contribution < -0.4 is 4.74 Å². The van der Waals surface area contributed by atoms with Crippen molar-refractivity contribution < 1.29 is 9.84 Å². The van der Waals surface area contributed by atoms with E-state index in [1.54, 1.807) is 13.2 Å². The second-order valence-electron chi connectivity index (χ2n) is 5.29. The van der Waals surface area contributed by atoms with Crippen molar-refractivity contribution in [1.82, 2.24) is 0 Å². The number of rotatable bonds is 5. The van der Waals surface area contributed by atoms with E-state index in [9.17, 15) is 5.11 Å². The third-order valence-corrected chi connectivity index (χ3v) is 3.48. The van der Waals surface area contributed by atoms with Gasteiger partial charge in [0.1, 0.15) is 5.75 Å². The number of methoxy groups -OCH3 is 1. The molecule has 3 heteroatoms. The highest BCUT2D eigenvalue weighted by atomic mass is 35.5. The average molecular weight is 291 g/mol. The lowest BCUT2D eigenvalue weighted by Gasteiger charge is -2.24. The van der Waals surface area contributed by atoms with E-state index < -0.39 is 5.60 Å². The van der Waals surface area contributed by atoms with E-state index in [0.29, 0.717) is 17.9 Å². The van der Waals surface area contributed by atoms with Crippen LogP contribution in [0.4, 0.5) is 0 Å². The van der Waals surface area contributed by atoms with Gasteiger partial charge in [0, 0.05) is 17.9 Å². The van der Waals surface area contributed by atoms with Gasteiger partial charge in [-0.2, -0.15) is 0 Å². The quantitative estimate of drug-likeness (QED) is 0.905. The second-order valence-corrected chi connectivity index (χ2v) is 5.73. The Morgan fingerprint density at radius 3 is 2.45 bits per heavy atom. The van der Waals surface area contributed by atoms with Gasteiger partial charge in [0.25, 0.3) is 0 Å². The fourth-order valence-electron chi connectivity index (χ4n) is 2.39. The summed E-state index contributed by atoms with van der Waals surface area (Å²) in [5, 5.41) is 11.3. The molecule has 2 nitrogen and oxygen atoms in total. The molecule has 1 unspecified atom stereocenters. The van der Waals surface area contributed by atoms with E-state index in [0.717, 1.165) is 16.9 Å². The predicted molar refractivity (Wildman–Crippen MR) is 82.5 cm³/mol. The molecule has 2 aromatic carbocycles. The number of hydrogen-bond donors (Lipinski definition) is 1. The first-order valence-electron chi connectivity index (χ1n) is 6.59. The number of halogens is 1.